The van der Waals surface area contributed by atoms with E-state index < -0.39 is 23.5 Å². The van der Waals surface area contributed by atoms with Gasteiger partial charge in [0.2, 0.25) is 11.7 Å². The summed E-state index contributed by atoms with van der Waals surface area (Å²) < 4.78 is 1.02. The SMILES string of the molecule is O=C(Nc1ccc(I)cc1)C(=O)[C@H]1C(=O)Nc2ccccc21. The minimum Gasteiger partial charge on any atom is -0.325 e. The lowest BCUT2D eigenvalue weighted by molar-refractivity contribution is -0.138. The molecule has 0 fully saturated rings. The Morgan fingerprint density at radius 1 is 1.05 bits per heavy atom. The maximum Gasteiger partial charge on any atom is 0.292 e. The number of para-hydroxylation sites is 1. The van der Waals surface area contributed by atoms with Gasteiger partial charge < -0.3 is 10.6 Å². The molecule has 0 saturated carbocycles. The highest BCUT2D eigenvalue weighted by Crippen LogP contribution is 2.32. The van der Waals surface area contributed by atoms with Crippen LogP contribution in [-0.4, -0.2) is 17.6 Å². The lowest BCUT2D eigenvalue weighted by atomic mass is 9.95. The second kappa shape index (κ2) is 5.88. The average molecular weight is 406 g/mol. The first-order valence-electron chi connectivity index (χ1n) is 6.57. The molecule has 0 bridgehead atoms. The molecule has 2 N–H and O–H groups in total. The third kappa shape index (κ3) is 2.74. The van der Waals surface area contributed by atoms with E-state index in [0.717, 1.165) is 3.57 Å². The summed E-state index contributed by atoms with van der Waals surface area (Å²) in [6.45, 7) is 0. The second-order valence-corrected chi connectivity index (χ2v) is 6.08. The van der Waals surface area contributed by atoms with E-state index in [1.165, 1.54) is 0 Å². The first-order valence-corrected chi connectivity index (χ1v) is 7.64. The number of rotatable bonds is 3. The van der Waals surface area contributed by atoms with E-state index in [1.807, 2.05) is 12.1 Å². The fourth-order valence-corrected chi connectivity index (χ4v) is 2.69. The van der Waals surface area contributed by atoms with Gasteiger partial charge in [0.25, 0.3) is 5.91 Å². The van der Waals surface area contributed by atoms with E-state index >= 15 is 0 Å². The van der Waals surface area contributed by atoms with Crippen molar-refractivity contribution in [3.8, 4) is 0 Å². The predicted octanol–water partition coefficient (Wildman–Crippen LogP) is 2.53. The van der Waals surface area contributed by atoms with Gasteiger partial charge in [0.15, 0.2) is 0 Å². The molecule has 0 saturated heterocycles. The van der Waals surface area contributed by atoms with Gasteiger partial charge in [0, 0.05) is 14.9 Å². The van der Waals surface area contributed by atoms with Gasteiger partial charge in [-0.3, -0.25) is 14.4 Å². The number of amides is 2. The Kier molecular flexibility index (Phi) is 3.93. The minimum atomic E-state index is -1.08. The zero-order valence-corrected chi connectivity index (χ0v) is 13.5. The number of halogens is 1. The van der Waals surface area contributed by atoms with Gasteiger partial charge in [-0.15, -0.1) is 0 Å². The molecule has 0 aromatic heterocycles. The fourth-order valence-electron chi connectivity index (χ4n) is 2.33. The molecule has 3 rings (SSSR count). The van der Waals surface area contributed by atoms with Gasteiger partial charge in [-0.05, 0) is 58.5 Å². The molecule has 0 spiro atoms. The summed E-state index contributed by atoms with van der Waals surface area (Å²) in [5.41, 5.74) is 1.63. The maximum absolute atomic E-state index is 12.3. The monoisotopic (exact) mass is 406 g/mol. The number of hydrogen-bond donors (Lipinski definition) is 2. The molecule has 2 aromatic rings. The van der Waals surface area contributed by atoms with E-state index in [4.69, 9.17) is 0 Å². The topological polar surface area (TPSA) is 75.3 Å². The van der Waals surface area contributed by atoms with Gasteiger partial charge in [-0.25, -0.2) is 0 Å². The molecule has 6 heteroatoms. The summed E-state index contributed by atoms with van der Waals surface area (Å²) in [6, 6.07) is 13.9. The van der Waals surface area contributed by atoms with Crippen LogP contribution >= 0.6 is 22.6 Å². The molecule has 110 valence electrons. The first-order chi connectivity index (χ1) is 10.6. The molecule has 2 aromatic carbocycles. The van der Waals surface area contributed by atoms with Crippen LogP contribution in [0.2, 0.25) is 0 Å². The van der Waals surface area contributed by atoms with Crippen LogP contribution in [0.5, 0.6) is 0 Å². The number of fused-ring (bicyclic) bond motifs is 1. The minimum absolute atomic E-state index is 0.469. The Morgan fingerprint density at radius 3 is 2.45 bits per heavy atom. The second-order valence-electron chi connectivity index (χ2n) is 4.83. The summed E-state index contributed by atoms with van der Waals surface area (Å²) in [6.07, 6.45) is 0. The smallest absolute Gasteiger partial charge is 0.292 e. The third-order valence-electron chi connectivity index (χ3n) is 3.38. The van der Waals surface area contributed by atoms with Crippen LogP contribution in [0, 0.1) is 3.57 Å². The van der Waals surface area contributed by atoms with Crippen molar-refractivity contribution < 1.29 is 14.4 Å². The molecule has 22 heavy (non-hydrogen) atoms. The van der Waals surface area contributed by atoms with Crippen molar-refractivity contribution in [1.29, 1.82) is 0 Å². The van der Waals surface area contributed by atoms with Crippen LogP contribution in [0.4, 0.5) is 11.4 Å². The van der Waals surface area contributed by atoms with Gasteiger partial charge in [-0.1, -0.05) is 18.2 Å². The quantitative estimate of drug-likeness (QED) is 0.468. The van der Waals surface area contributed by atoms with Crippen molar-refractivity contribution >= 4 is 51.6 Å². The highest BCUT2D eigenvalue weighted by atomic mass is 127. The standard InChI is InChI=1S/C16H11IN2O3/c17-9-5-7-10(8-6-9)18-16(22)14(20)13-11-3-1-2-4-12(11)19-15(13)21/h1-8,13H,(H,18,22)(H,19,21)/t13-/m0/s1. The molecule has 1 atom stereocenters. The van der Waals surface area contributed by atoms with E-state index in [1.54, 1.807) is 36.4 Å². The summed E-state index contributed by atoms with van der Waals surface area (Å²) in [5, 5.41) is 5.14. The van der Waals surface area contributed by atoms with Crippen molar-refractivity contribution in [2.75, 3.05) is 10.6 Å². The van der Waals surface area contributed by atoms with E-state index in [0.29, 0.717) is 16.9 Å². The molecule has 1 aliphatic rings. The Hall–Kier alpha value is -2.22. The maximum atomic E-state index is 12.3. The molecule has 0 unspecified atom stereocenters. The molecule has 2 amide bonds. The van der Waals surface area contributed by atoms with Crippen LogP contribution in [0.3, 0.4) is 0 Å². The van der Waals surface area contributed by atoms with Crippen molar-refractivity contribution in [3.63, 3.8) is 0 Å². The zero-order chi connectivity index (χ0) is 15.7. The number of nitrogens with one attached hydrogen (secondary N) is 2. The molecule has 1 heterocycles. The van der Waals surface area contributed by atoms with E-state index in [9.17, 15) is 14.4 Å². The Bertz CT molecular complexity index is 771. The van der Waals surface area contributed by atoms with Crippen LogP contribution in [0.25, 0.3) is 0 Å². The summed E-state index contributed by atoms with van der Waals surface area (Å²) >= 11 is 2.14. The van der Waals surface area contributed by atoms with Gasteiger partial charge in [0.05, 0.1) is 0 Å². The Labute approximate surface area is 140 Å². The van der Waals surface area contributed by atoms with Crippen LogP contribution in [-0.2, 0) is 14.4 Å². The number of carbonyl (C=O) groups is 3. The van der Waals surface area contributed by atoms with Crippen molar-refractivity contribution in [2.24, 2.45) is 0 Å². The Balaban J connectivity index is 1.80. The zero-order valence-electron chi connectivity index (χ0n) is 11.3. The van der Waals surface area contributed by atoms with Gasteiger partial charge >= 0.3 is 0 Å². The predicted molar refractivity (Wildman–Crippen MR) is 90.6 cm³/mol. The normalized spacial score (nSPS) is 15.9. The van der Waals surface area contributed by atoms with E-state index in [-0.39, 0.29) is 0 Å². The lowest BCUT2D eigenvalue weighted by Crippen LogP contribution is -2.31. The van der Waals surface area contributed by atoms with Crippen molar-refractivity contribution in [2.45, 2.75) is 5.92 Å². The summed E-state index contributed by atoms with van der Waals surface area (Å²) in [5.74, 6) is -3.11. The molecule has 1 aliphatic heterocycles. The highest BCUT2D eigenvalue weighted by molar-refractivity contribution is 14.1. The number of benzene rings is 2. The highest BCUT2D eigenvalue weighted by Gasteiger charge is 2.39. The average Bonchev–Trinajstić information content (AvgIpc) is 2.84. The number of carbonyl (C=O) groups excluding carboxylic acids is 3. The summed E-state index contributed by atoms with van der Waals surface area (Å²) in [7, 11) is 0. The van der Waals surface area contributed by atoms with Crippen LogP contribution in [0.15, 0.2) is 48.5 Å². The number of ketones is 1. The molecule has 0 radical (unpaired) electrons. The van der Waals surface area contributed by atoms with Crippen LogP contribution in [0.1, 0.15) is 11.5 Å². The summed E-state index contributed by atoms with van der Waals surface area (Å²) in [4.78, 5) is 36.4. The van der Waals surface area contributed by atoms with E-state index in [2.05, 4.69) is 33.2 Å². The van der Waals surface area contributed by atoms with Gasteiger partial charge in [-0.2, -0.15) is 0 Å². The number of hydrogen-bond acceptors (Lipinski definition) is 3. The van der Waals surface area contributed by atoms with Crippen molar-refractivity contribution in [3.05, 3.63) is 57.7 Å². The largest absolute Gasteiger partial charge is 0.325 e. The Morgan fingerprint density at radius 2 is 1.73 bits per heavy atom. The fraction of sp³-hybridized carbons (Fsp3) is 0.0625. The third-order valence-corrected chi connectivity index (χ3v) is 4.10. The number of Topliss-reactive ketones (excluding diaryl/α,β-unsaturated/α-hetero) is 1. The first kappa shape index (κ1) is 14.7. The number of anilines is 2. The molecule has 0 aliphatic carbocycles. The van der Waals surface area contributed by atoms with Crippen molar-refractivity contribution in [1.82, 2.24) is 0 Å². The molecule has 5 nitrogen and oxygen atoms in total. The molecular weight excluding hydrogens is 395 g/mol. The van der Waals surface area contributed by atoms with Crippen LogP contribution < -0.4 is 10.6 Å². The molecular formula is C16H11IN2O3. The van der Waals surface area contributed by atoms with Gasteiger partial charge in [0.1, 0.15) is 5.92 Å². The lowest BCUT2D eigenvalue weighted by Gasteiger charge is -2.08.